The van der Waals surface area contributed by atoms with E-state index in [1.807, 2.05) is 60.7 Å². The molecule has 0 radical (unpaired) electrons. The fraction of sp³-hybridized carbons (Fsp3) is 0.222. The summed E-state index contributed by atoms with van der Waals surface area (Å²) < 4.78 is 1.68. The zero-order chi connectivity index (χ0) is 22.2. The first-order valence-electron chi connectivity index (χ1n) is 11.0. The minimum Gasteiger partial charge on any atom is -0.304 e. The molecule has 0 spiro atoms. The molecule has 5 heteroatoms. The van der Waals surface area contributed by atoms with Gasteiger partial charge in [-0.3, -0.25) is 19.3 Å². The summed E-state index contributed by atoms with van der Waals surface area (Å²) in [7, 11) is 0. The average molecular weight is 425 g/mol. The summed E-state index contributed by atoms with van der Waals surface area (Å²) >= 11 is 0. The number of Topliss-reactive ketones (excluding diaryl/α,β-unsaturated/α-hetero) is 1. The number of benzene rings is 2. The normalized spacial score (nSPS) is 18.8. The molecule has 5 nitrogen and oxygen atoms in total. The van der Waals surface area contributed by atoms with E-state index >= 15 is 0 Å². The van der Waals surface area contributed by atoms with E-state index in [1.54, 1.807) is 15.5 Å². The molecule has 0 saturated carbocycles. The third kappa shape index (κ3) is 3.21. The largest absolute Gasteiger partial charge is 0.304 e. The van der Waals surface area contributed by atoms with Gasteiger partial charge in [-0.15, -0.1) is 6.58 Å². The Balaban J connectivity index is 1.74. The summed E-state index contributed by atoms with van der Waals surface area (Å²) in [6.45, 7) is 4.16. The lowest BCUT2D eigenvalue weighted by atomic mass is 9.77. The zero-order valence-electron chi connectivity index (χ0n) is 17.8. The molecule has 0 fully saturated rings. The Morgan fingerprint density at radius 2 is 1.72 bits per heavy atom. The summed E-state index contributed by atoms with van der Waals surface area (Å²) in [5.41, 5.74) is 3.29. The Morgan fingerprint density at radius 1 is 0.969 bits per heavy atom. The maximum Gasteiger partial charge on any atom is 0.255 e. The second-order valence-corrected chi connectivity index (χ2v) is 8.32. The van der Waals surface area contributed by atoms with Crippen LogP contribution in [0.3, 0.4) is 0 Å². The number of carbonyl (C=O) groups excluding carboxylic acids is 2. The summed E-state index contributed by atoms with van der Waals surface area (Å²) in [5.74, 6) is -0.580. The van der Waals surface area contributed by atoms with Crippen LogP contribution in [0.15, 0.2) is 89.4 Å². The molecule has 0 saturated heterocycles. The molecular weight excluding hydrogens is 400 g/mol. The molecule has 1 aromatic heterocycles. The first-order valence-corrected chi connectivity index (χ1v) is 11.0. The van der Waals surface area contributed by atoms with Crippen LogP contribution in [0.4, 0.5) is 5.69 Å². The van der Waals surface area contributed by atoms with Gasteiger partial charge in [0, 0.05) is 47.8 Å². The topological polar surface area (TPSA) is 59.4 Å². The van der Waals surface area contributed by atoms with Crippen LogP contribution in [0.1, 0.15) is 37.2 Å². The molecule has 2 heterocycles. The molecular formula is C27H24N2O3. The number of hydrogen-bond donors (Lipinski definition) is 0. The Kier molecular flexibility index (Phi) is 5.10. The Labute approximate surface area is 186 Å². The van der Waals surface area contributed by atoms with Gasteiger partial charge in [0.2, 0.25) is 5.91 Å². The van der Waals surface area contributed by atoms with Crippen molar-refractivity contribution >= 4 is 28.3 Å². The van der Waals surface area contributed by atoms with Crippen molar-refractivity contribution in [2.45, 2.75) is 38.1 Å². The monoisotopic (exact) mass is 424 g/mol. The number of anilines is 1. The highest BCUT2D eigenvalue weighted by molar-refractivity contribution is 6.07. The van der Waals surface area contributed by atoms with Gasteiger partial charge in [0.05, 0.1) is 5.52 Å². The molecule has 160 valence electrons. The van der Waals surface area contributed by atoms with E-state index in [9.17, 15) is 14.4 Å². The molecule has 2 aromatic carbocycles. The maximum absolute atomic E-state index is 13.6. The van der Waals surface area contributed by atoms with E-state index in [-0.39, 0.29) is 23.7 Å². The maximum atomic E-state index is 13.6. The third-order valence-electron chi connectivity index (χ3n) is 6.41. The molecule has 32 heavy (non-hydrogen) atoms. The summed E-state index contributed by atoms with van der Waals surface area (Å²) in [5, 5.41) is 0.910. The lowest BCUT2D eigenvalue weighted by molar-refractivity contribution is -0.119. The number of amides is 1. The lowest BCUT2D eigenvalue weighted by Gasteiger charge is -2.38. The molecule has 0 N–H and O–H groups in total. The molecule has 5 rings (SSSR count). The van der Waals surface area contributed by atoms with Crippen molar-refractivity contribution in [3.8, 4) is 0 Å². The average Bonchev–Trinajstić information content (AvgIpc) is 2.81. The van der Waals surface area contributed by atoms with Gasteiger partial charge in [-0.2, -0.15) is 0 Å². The van der Waals surface area contributed by atoms with Crippen molar-refractivity contribution < 1.29 is 9.59 Å². The molecule has 1 aliphatic carbocycles. The van der Waals surface area contributed by atoms with Crippen LogP contribution in [0, 0.1) is 0 Å². The van der Waals surface area contributed by atoms with E-state index in [2.05, 4.69) is 6.58 Å². The summed E-state index contributed by atoms with van der Waals surface area (Å²) in [6.07, 6.45) is 3.59. The first kappa shape index (κ1) is 20.2. The predicted molar refractivity (Wildman–Crippen MR) is 126 cm³/mol. The Bertz CT molecular complexity index is 1330. The molecule has 1 aliphatic heterocycles. The molecule has 1 amide bonds. The van der Waals surface area contributed by atoms with Crippen molar-refractivity contribution in [2.75, 3.05) is 4.90 Å². The van der Waals surface area contributed by atoms with Gasteiger partial charge in [0.1, 0.15) is 0 Å². The zero-order valence-corrected chi connectivity index (χ0v) is 17.8. The first-order chi connectivity index (χ1) is 15.6. The van der Waals surface area contributed by atoms with Crippen LogP contribution in [-0.2, 0) is 16.1 Å². The van der Waals surface area contributed by atoms with Gasteiger partial charge in [-0.25, -0.2) is 0 Å². The number of carbonyl (C=O) groups is 2. The van der Waals surface area contributed by atoms with Crippen LogP contribution in [0.5, 0.6) is 0 Å². The smallest absolute Gasteiger partial charge is 0.255 e. The quantitative estimate of drug-likeness (QED) is 0.570. The number of para-hydroxylation sites is 2. The predicted octanol–water partition coefficient (Wildman–Crippen LogP) is 4.72. The van der Waals surface area contributed by atoms with Crippen molar-refractivity contribution in [2.24, 2.45) is 0 Å². The van der Waals surface area contributed by atoms with Crippen LogP contribution < -0.4 is 10.5 Å². The fourth-order valence-corrected chi connectivity index (χ4v) is 5.05. The minimum absolute atomic E-state index is 0.0347. The number of allylic oxidation sites excluding steroid dienone is 3. The van der Waals surface area contributed by atoms with Crippen molar-refractivity contribution in [1.29, 1.82) is 0 Å². The molecule has 3 aromatic rings. The molecule has 1 unspecified atom stereocenters. The standard InChI is InChI=1S/C27H24N2O3/c1-2-15-28-22-12-7-6-9-18(22)16-21(27(28)32)20-17-25(31)29(19-10-4-3-5-11-19)23-13-8-14-24(30)26(20)23/h2-7,9-12,16,20H,1,8,13-15,17H2. The number of ketones is 1. The highest BCUT2D eigenvalue weighted by Gasteiger charge is 2.40. The van der Waals surface area contributed by atoms with Gasteiger partial charge >= 0.3 is 0 Å². The fourth-order valence-electron chi connectivity index (χ4n) is 5.05. The van der Waals surface area contributed by atoms with E-state index in [0.29, 0.717) is 36.9 Å². The number of pyridine rings is 1. The van der Waals surface area contributed by atoms with E-state index < -0.39 is 5.92 Å². The lowest BCUT2D eigenvalue weighted by Crippen LogP contribution is -2.42. The van der Waals surface area contributed by atoms with E-state index in [0.717, 1.165) is 22.3 Å². The Morgan fingerprint density at radius 3 is 2.50 bits per heavy atom. The van der Waals surface area contributed by atoms with Crippen LogP contribution in [-0.4, -0.2) is 16.3 Å². The SMILES string of the molecule is C=CCn1c(=O)c(C2CC(=O)N(c3ccccc3)C3=C2C(=O)CCC3)cc2ccccc21. The van der Waals surface area contributed by atoms with Crippen molar-refractivity contribution in [3.63, 3.8) is 0 Å². The minimum atomic E-state index is -0.529. The molecule has 2 aliphatic rings. The second kappa shape index (κ2) is 8.08. The van der Waals surface area contributed by atoms with Crippen LogP contribution in [0.25, 0.3) is 10.9 Å². The molecule has 0 bridgehead atoms. The number of hydrogen-bond acceptors (Lipinski definition) is 3. The van der Waals surface area contributed by atoms with Gasteiger partial charge in [-0.1, -0.05) is 42.5 Å². The van der Waals surface area contributed by atoms with E-state index in [1.165, 1.54) is 0 Å². The number of nitrogens with zero attached hydrogens (tertiary/aromatic N) is 2. The number of fused-ring (bicyclic) bond motifs is 1. The van der Waals surface area contributed by atoms with E-state index in [4.69, 9.17) is 0 Å². The highest BCUT2D eigenvalue weighted by atomic mass is 16.2. The summed E-state index contributed by atoms with van der Waals surface area (Å²) in [6, 6.07) is 19.0. The van der Waals surface area contributed by atoms with Crippen LogP contribution in [0.2, 0.25) is 0 Å². The Hall–Kier alpha value is -3.73. The van der Waals surface area contributed by atoms with Crippen LogP contribution >= 0.6 is 0 Å². The van der Waals surface area contributed by atoms with Gasteiger partial charge < -0.3 is 4.57 Å². The number of rotatable bonds is 4. The summed E-state index contributed by atoms with van der Waals surface area (Å²) in [4.78, 5) is 41.8. The third-order valence-corrected chi connectivity index (χ3v) is 6.41. The number of aromatic nitrogens is 1. The second-order valence-electron chi connectivity index (χ2n) is 8.32. The van der Waals surface area contributed by atoms with Gasteiger partial charge in [0.15, 0.2) is 5.78 Å². The van der Waals surface area contributed by atoms with Gasteiger partial charge in [0.25, 0.3) is 5.56 Å². The van der Waals surface area contributed by atoms with Crippen molar-refractivity contribution in [3.05, 3.63) is 101 Å². The van der Waals surface area contributed by atoms with Crippen molar-refractivity contribution in [1.82, 2.24) is 4.57 Å². The highest BCUT2D eigenvalue weighted by Crippen LogP contribution is 2.43. The van der Waals surface area contributed by atoms with Gasteiger partial charge in [-0.05, 0) is 42.5 Å². The molecule has 1 atom stereocenters.